The van der Waals surface area contributed by atoms with Gasteiger partial charge < -0.3 is 19.9 Å². The SMILES string of the molecule is CCOc1c(I)cc(C(=O)Nc2cccc(O)c2)cc1OC. The molecule has 0 spiro atoms. The number of rotatable bonds is 5. The number of methoxy groups -OCH3 is 1. The molecule has 0 radical (unpaired) electrons. The van der Waals surface area contributed by atoms with Gasteiger partial charge in [0.25, 0.3) is 5.91 Å². The van der Waals surface area contributed by atoms with Crippen molar-refractivity contribution in [2.24, 2.45) is 0 Å². The lowest BCUT2D eigenvalue weighted by atomic mass is 10.1. The van der Waals surface area contributed by atoms with E-state index < -0.39 is 0 Å². The molecular weight excluding hydrogens is 397 g/mol. The Morgan fingerprint density at radius 2 is 2.09 bits per heavy atom. The number of amides is 1. The summed E-state index contributed by atoms with van der Waals surface area (Å²) < 4.78 is 11.6. The van der Waals surface area contributed by atoms with Gasteiger partial charge in [0.15, 0.2) is 11.5 Å². The Morgan fingerprint density at radius 3 is 2.73 bits per heavy atom. The summed E-state index contributed by atoms with van der Waals surface area (Å²) in [6.45, 7) is 2.40. The third kappa shape index (κ3) is 3.82. The molecule has 0 atom stereocenters. The minimum absolute atomic E-state index is 0.0941. The summed E-state index contributed by atoms with van der Waals surface area (Å²) in [5, 5.41) is 12.2. The number of ether oxygens (including phenoxy) is 2. The van der Waals surface area contributed by atoms with E-state index in [0.717, 1.165) is 3.57 Å². The first-order valence-electron chi connectivity index (χ1n) is 6.66. The summed E-state index contributed by atoms with van der Waals surface area (Å²) in [5.41, 5.74) is 0.973. The van der Waals surface area contributed by atoms with Crippen LogP contribution in [0.15, 0.2) is 36.4 Å². The molecule has 5 nitrogen and oxygen atoms in total. The molecular formula is C16H16INO4. The van der Waals surface area contributed by atoms with Crippen molar-refractivity contribution in [1.29, 1.82) is 0 Å². The fourth-order valence-electron chi connectivity index (χ4n) is 1.92. The molecule has 0 aliphatic heterocycles. The zero-order valence-electron chi connectivity index (χ0n) is 12.2. The molecule has 0 fully saturated rings. The lowest BCUT2D eigenvalue weighted by molar-refractivity contribution is 0.102. The van der Waals surface area contributed by atoms with Gasteiger partial charge in [0.2, 0.25) is 0 Å². The van der Waals surface area contributed by atoms with Crippen molar-refractivity contribution < 1.29 is 19.4 Å². The molecule has 0 aliphatic rings. The minimum atomic E-state index is -0.287. The van der Waals surface area contributed by atoms with Crippen LogP contribution >= 0.6 is 22.6 Å². The highest BCUT2D eigenvalue weighted by Crippen LogP contribution is 2.34. The second-order valence-electron chi connectivity index (χ2n) is 4.43. The van der Waals surface area contributed by atoms with E-state index in [1.54, 1.807) is 30.3 Å². The Labute approximate surface area is 142 Å². The standard InChI is InChI=1S/C16H16INO4/c1-3-22-15-13(17)7-10(8-14(15)21-2)16(20)18-11-5-4-6-12(19)9-11/h4-9,19H,3H2,1-2H3,(H,18,20). The van der Waals surface area contributed by atoms with E-state index >= 15 is 0 Å². The first-order chi connectivity index (χ1) is 10.5. The number of hydrogen-bond donors (Lipinski definition) is 2. The van der Waals surface area contributed by atoms with Gasteiger partial charge in [-0.05, 0) is 53.8 Å². The summed E-state index contributed by atoms with van der Waals surface area (Å²) >= 11 is 2.10. The Bertz CT molecular complexity index is 688. The third-order valence-corrected chi connectivity index (χ3v) is 3.69. The zero-order valence-corrected chi connectivity index (χ0v) is 14.4. The molecule has 0 heterocycles. The number of benzene rings is 2. The van der Waals surface area contributed by atoms with E-state index in [0.29, 0.717) is 29.4 Å². The molecule has 0 saturated carbocycles. The van der Waals surface area contributed by atoms with Crippen LogP contribution in [-0.2, 0) is 0 Å². The van der Waals surface area contributed by atoms with Gasteiger partial charge in [-0.1, -0.05) is 6.07 Å². The Hall–Kier alpha value is -1.96. The molecule has 116 valence electrons. The number of hydrogen-bond acceptors (Lipinski definition) is 4. The van der Waals surface area contributed by atoms with Crippen molar-refractivity contribution in [3.05, 3.63) is 45.5 Å². The molecule has 1 amide bonds. The van der Waals surface area contributed by atoms with E-state index in [2.05, 4.69) is 27.9 Å². The van der Waals surface area contributed by atoms with Crippen molar-refractivity contribution in [1.82, 2.24) is 0 Å². The number of halogens is 1. The molecule has 22 heavy (non-hydrogen) atoms. The van der Waals surface area contributed by atoms with Crippen LogP contribution in [0.1, 0.15) is 17.3 Å². The summed E-state index contributed by atoms with van der Waals surface area (Å²) in [6.07, 6.45) is 0. The Kier molecular flexibility index (Phi) is 5.48. The number of phenols is 1. The van der Waals surface area contributed by atoms with Gasteiger partial charge in [0.1, 0.15) is 5.75 Å². The Morgan fingerprint density at radius 1 is 1.32 bits per heavy atom. The second-order valence-corrected chi connectivity index (χ2v) is 5.59. The normalized spacial score (nSPS) is 10.1. The summed E-state index contributed by atoms with van der Waals surface area (Å²) in [6, 6.07) is 9.74. The van der Waals surface area contributed by atoms with Gasteiger partial charge in [0, 0.05) is 17.3 Å². The smallest absolute Gasteiger partial charge is 0.255 e. The largest absolute Gasteiger partial charge is 0.508 e. The molecule has 2 N–H and O–H groups in total. The van der Waals surface area contributed by atoms with Crippen molar-refractivity contribution in [2.75, 3.05) is 19.0 Å². The van der Waals surface area contributed by atoms with Crippen molar-refractivity contribution >= 4 is 34.2 Å². The molecule has 2 aromatic rings. The van der Waals surface area contributed by atoms with Gasteiger partial charge in [-0.15, -0.1) is 0 Å². The van der Waals surface area contributed by atoms with Crippen molar-refractivity contribution in [3.63, 3.8) is 0 Å². The van der Waals surface area contributed by atoms with Crippen LogP contribution in [-0.4, -0.2) is 24.7 Å². The highest BCUT2D eigenvalue weighted by Gasteiger charge is 2.15. The third-order valence-electron chi connectivity index (χ3n) is 2.88. The summed E-state index contributed by atoms with van der Waals surface area (Å²) in [7, 11) is 1.53. The molecule has 0 saturated heterocycles. The second kappa shape index (κ2) is 7.35. The quantitative estimate of drug-likeness (QED) is 0.735. The van der Waals surface area contributed by atoms with E-state index in [-0.39, 0.29) is 11.7 Å². The average Bonchev–Trinajstić information content (AvgIpc) is 2.49. The van der Waals surface area contributed by atoms with E-state index in [1.165, 1.54) is 13.2 Å². The van der Waals surface area contributed by atoms with Gasteiger partial charge in [0.05, 0.1) is 17.3 Å². The van der Waals surface area contributed by atoms with E-state index in [9.17, 15) is 9.90 Å². The maximum Gasteiger partial charge on any atom is 0.255 e. The Balaban J connectivity index is 2.28. The van der Waals surface area contributed by atoms with E-state index in [4.69, 9.17) is 9.47 Å². The maximum atomic E-state index is 12.3. The lowest BCUT2D eigenvalue weighted by Crippen LogP contribution is -2.12. The molecule has 0 aliphatic carbocycles. The van der Waals surface area contributed by atoms with Gasteiger partial charge >= 0.3 is 0 Å². The van der Waals surface area contributed by atoms with E-state index in [1.807, 2.05) is 6.92 Å². The monoisotopic (exact) mass is 413 g/mol. The fourth-order valence-corrected chi connectivity index (χ4v) is 2.68. The molecule has 0 unspecified atom stereocenters. The zero-order chi connectivity index (χ0) is 16.1. The van der Waals surface area contributed by atoms with Crippen LogP contribution in [0.25, 0.3) is 0 Å². The highest BCUT2D eigenvalue weighted by molar-refractivity contribution is 14.1. The topological polar surface area (TPSA) is 67.8 Å². The first-order valence-corrected chi connectivity index (χ1v) is 7.73. The van der Waals surface area contributed by atoms with Crippen molar-refractivity contribution in [2.45, 2.75) is 6.92 Å². The summed E-state index contributed by atoms with van der Waals surface area (Å²) in [4.78, 5) is 12.3. The van der Waals surface area contributed by atoms with Gasteiger partial charge in [-0.25, -0.2) is 0 Å². The average molecular weight is 413 g/mol. The van der Waals surface area contributed by atoms with Crippen LogP contribution in [0.5, 0.6) is 17.2 Å². The molecule has 6 heteroatoms. The number of phenolic OH excluding ortho intramolecular Hbond substituents is 1. The number of anilines is 1. The van der Waals surface area contributed by atoms with Crippen molar-refractivity contribution in [3.8, 4) is 17.2 Å². The van der Waals surface area contributed by atoms with Gasteiger partial charge in [-0.3, -0.25) is 4.79 Å². The minimum Gasteiger partial charge on any atom is -0.508 e. The fraction of sp³-hybridized carbons (Fsp3) is 0.188. The van der Waals surface area contributed by atoms with Crippen LogP contribution in [0.2, 0.25) is 0 Å². The molecule has 2 rings (SSSR count). The number of nitrogens with one attached hydrogen (secondary N) is 1. The maximum absolute atomic E-state index is 12.3. The predicted octanol–water partition coefficient (Wildman–Crippen LogP) is 3.66. The van der Waals surface area contributed by atoms with Crippen LogP contribution in [0.4, 0.5) is 5.69 Å². The first kappa shape index (κ1) is 16.4. The summed E-state index contributed by atoms with van der Waals surface area (Å²) in [5.74, 6) is 0.941. The lowest BCUT2D eigenvalue weighted by Gasteiger charge is -2.13. The highest BCUT2D eigenvalue weighted by atomic mass is 127. The molecule has 0 aromatic heterocycles. The van der Waals surface area contributed by atoms with Crippen LogP contribution in [0, 0.1) is 3.57 Å². The number of carbonyl (C=O) groups is 1. The van der Waals surface area contributed by atoms with Gasteiger partial charge in [-0.2, -0.15) is 0 Å². The number of aromatic hydroxyl groups is 1. The molecule has 2 aromatic carbocycles. The van der Waals surface area contributed by atoms with Crippen LogP contribution < -0.4 is 14.8 Å². The number of carbonyl (C=O) groups excluding carboxylic acids is 1. The predicted molar refractivity (Wildman–Crippen MR) is 92.9 cm³/mol. The van der Waals surface area contributed by atoms with Crippen LogP contribution in [0.3, 0.4) is 0 Å². The molecule has 0 bridgehead atoms.